The molecule has 2 aromatic rings. The van der Waals surface area contributed by atoms with Crippen LogP contribution in [0.4, 0.5) is 4.39 Å². The van der Waals surface area contributed by atoms with Crippen LogP contribution in [0.25, 0.3) is 0 Å². The third kappa shape index (κ3) is 5.65. The van der Waals surface area contributed by atoms with E-state index in [9.17, 15) is 4.39 Å². The first-order valence-corrected chi connectivity index (χ1v) is 7.54. The molecular weight excluding hydrogens is 295 g/mol. The van der Waals surface area contributed by atoms with Gasteiger partial charge in [0.25, 0.3) is 0 Å². The summed E-state index contributed by atoms with van der Waals surface area (Å²) in [6.07, 6.45) is 3.94. The Bertz CT molecular complexity index is 654. The second-order valence-electron chi connectivity index (χ2n) is 5.38. The molecule has 1 heterocycles. The number of nitrogens with one attached hydrogen (secondary N) is 2. The van der Waals surface area contributed by atoms with E-state index in [1.165, 1.54) is 17.7 Å². The number of hydrogen-bond acceptors (Lipinski definition) is 2. The van der Waals surface area contributed by atoms with Crippen molar-refractivity contribution in [3.63, 3.8) is 0 Å². The molecule has 0 radical (unpaired) electrons. The molecule has 0 aliphatic carbocycles. The predicted molar refractivity (Wildman–Crippen MR) is 90.1 cm³/mol. The van der Waals surface area contributed by atoms with E-state index in [2.05, 4.69) is 27.9 Å². The van der Waals surface area contributed by atoms with Gasteiger partial charge >= 0.3 is 0 Å². The highest BCUT2D eigenvalue weighted by Gasteiger charge is 2.06. The first-order chi connectivity index (χ1) is 11.1. The van der Waals surface area contributed by atoms with Crippen LogP contribution >= 0.6 is 0 Å². The molecule has 0 spiro atoms. The summed E-state index contributed by atoms with van der Waals surface area (Å²) in [7, 11) is 3.71. The lowest BCUT2D eigenvalue weighted by Crippen LogP contribution is -2.41. The van der Waals surface area contributed by atoms with E-state index in [4.69, 9.17) is 4.74 Å². The van der Waals surface area contributed by atoms with Gasteiger partial charge in [-0.05, 0) is 30.7 Å². The lowest BCUT2D eigenvalue weighted by atomic mass is 10.3. The number of aryl methyl sites for hydroxylation is 1. The smallest absolute Gasteiger partial charge is 0.191 e. The molecule has 124 valence electrons. The van der Waals surface area contributed by atoms with Crippen LogP contribution in [-0.2, 0) is 13.6 Å². The van der Waals surface area contributed by atoms with Gasteiger partial charge in [-0.15, -0.1) is 0 Å². The molecule has 0 aliphatic rings. The van der Waals surface area contributed by atoms with Crippen molar-refractivity contribution in [2.45, 2.75) is 19.6 Å². The van der Waals surface area contributed by atoms with Crippen LogP contribution in [0.2, 0.25) is 0 Å². The highest BCUT2D eigenvalue weighted by atomic mass is 19.1. The summed E-state index contributed by atoms with van der Waals surface area (Å²) < 4.78 is 20.8. The van der Waals surface area contributed by atoms with Crippen molar-refractivity contribution in [2.24, 2.45) is 12.0 Å². The van der Waals surface area contributed by atoms with Gasteiger partial charge in [-0.2, -0.15) is 0 Å². The molecule has 0 saturated carbocycles. The number of halogens is 1. The van der Waals surface area contributed by atoms with Crippen LogP contribution in [0.5, 0.6) is 5.75 Å². The Hall–Kier alpha value is -2.50. The van der Waals surface area contributed by atoms with Gasteiger partial charge in [0.15, 0.2) is 5.96 Å². The number of guanidine groups is 1. The van der Waals surface area contributed by atoms with Gasteiger partial charge < -0.3 is 19.9 Å². The largest absolute Gasteiger partial charge is 0.489 e. The summed E-state index contributed by atoms with van der Waals surface area (Å²) in [6, 6.07) is 8.19. The Morgan fingerprint density at radius 3 is 2.83 bits per heavy atom. The van der Waals surface area contributed by atoms with E-state index in [-0.39, 0.29) is 11.9 Å². The van der Waals surface area contributed by atoms with Crippen LogP contribution in [-0.4, -0.2) is 30.2 Å². The number of nitrogens with zero attached hydrogens (tertiary/aromatic N) is 2. The van der Waals surface area contributed by atoms with Gasteiger partial charge in [0.2, 0.25) is 0 Å². The zero-order valence-electron chi connectivity index (χ0n) is 13.7. The number of rotatable bonds is 6. The van der Waals surface area contributed by atoms with Crippen molar-refractivity contribution in [3.8, 4) is 5.75 Å². The number of benzene rings is 1. The average molecular weight is 318 g/mol. The SMILES string of the molecule is CN=C(NCc1ccn(C)c1)NCC(C)Oc1cccc(F)c1. The lowest BCUT2D eigenvalue weighted by Gasteiger charge is -2.17. The molecule has 1 atom stereocenters. The molecule has 1 aromatic heterocycles. The molecule has 1 aromatic carbocycles. The van der Waals surface area contributed by atoms with E-state index < -0.39 is 0 Å². The van der Waals surface area contributed by atoms with Crippen molar-refractivity contribution < 1.29 is 9.13 Å². The third-order valence-corrected chi connectivity index (χ3v) is 3.27. The van der Waals surface area contributed by atoms with Crippen molar-refractivity contribution in [2.75, 3.05) is 13.6 Å². The summed E-state index contributed by atoms with van der Waals surface area (Å²) >= 11 is 0. The Labute approximate surface area is 136 Å². The number of aliphatic imine (C=N–C) groups is 1. The van der Waals surface area contributed by atoms with Crippen LogP contribution in [0.15, 0.2) is 47.7 Å². The van der Waals surface area contributed by atoms with E-state index >= 15 is 0 Å². The second kappa shape index (κ2) is 8.22. The second-order valence-corrected chi connectivity index (χ2v) is 5.38. The minimum atomic E-state index is -0.303. The molecule has 1 unspecified atom stereocenters. The normalized spacial score (nSPS) is 12.8. The van der Waals surface area contributed by atoms with Crippen LogP contribution in [0.1, 0.15) is 12.5 Å². The zero-order chi connectivity index (χ0) is 16.7. The molecule has 0 fully saturated rings. The third-order valence-electron chi connectivity index (χ3n) is 3.27. The van der Waals surface area contributed by atoms with Gasteiger partial charge in [-0.25, -0.2) is 4.39 Å². The maximum absolute atomic E-state index is 13.1. The van der Waals surface area contributed by atoms with Crippen LogP contribution in [0.3, 0.4) is 0 Å². The van der Waals surface area contributed by atoms with E-state index in [1.54, 1.807) is 19.2 Å². The van der Waals surface area contributed by atoms with E-state index in [1.807, 2.05) is 24.7 Å². The van der Waals surface area contributed by atoms with Crippen molar-refractivity contribution in [1.82, 2.24) is 15.2 Å². The van der Waals surface area contributed by atoms with Crippen molar-refractivity contribution in [3.05, 3.63) is 54.1 Å². The van der Waals surface area contributed by atoms with E-state index in [0.717, 1.165) is 0 Å². The Balaban J connectivity index is 1.76. The van der Waals surface area contributed by atoms with Gasteiger partial charge in [-0.3, -0.25) is 4.99 Å². The molecular formula is C17H23FN4O. The minimum Gasteiger partial charge on any atom is -0.489 e. The first-order valence-electron chi connectivity index (χ1n) is 7.54. The summed E-state index contributed by atoms with van der Waals surface area (Å²) in [5.41, 5.74) is 1.18. The van der Waals surface area contributed by atoms with Crippen LogP contribution in [0, 0.1) is 5.82 Å². The standard InChI is InChI=1S/C17H23FN4O/c1-13(23-16-6-4-5-15(18)9-16)10-20-17(19-2)21-11-14-7-8-22(3)12-14/h4-9,12-13H,10-11H2,1-3H3,(H2,19,20,21). The molecule has 6 heteroatoms. The van der Waals surface area contributed by atoms with Gasteiger partial charge in [0, 0.05) is 39.1 Å². The number of hydrogen-bond donors (Lipinski definition) is 2. The summed E-state index contributed by atoms with van der Waals surface area (Å²) in [5, 5.41) is 6.43. The molecule has 0 saturated heterocycles. The average Bonchev–Trinajstić information content (AvgIpc) is 2.93. The Morgan fingerprint density at radius 1 is 1.35 bits per heavy atom. The fourth-order valence-electron chi connectivity index (χ4n) is 2.13. The monoisotopic (exact) mass is 318 g/mol. The topological polar surface area (TPSA) is 50.6 Å². The molecule has 0 bridgehead atoms. The lowest BCUT2D eigenvalue weighted by molar-refractivity contribution is 0.223. The quantitative estimate of drug-likeness (QED) is 0.635. The number of ether oxygens (including phenoxy) is 1. The van der Waals surface area contributed by atoms with Crippen LogP contribution < -0.4 is 15.4 Å². The minimum absolute atomic E-state index is 0.118. The predicted octanol–water partition coefficient (Wildman–Crippen LogP) is 2.30. The molecule has 0 amide bonds. The summed E-state index contributed by atoms with van der Waals surface area (Å²) in [4.78, 5) is 4.18. The zero-order valence-corrected chi connectivity index (χ0v) is 13.7. The molecule has 5 nitrogen and oxygen atoms in total. The highest BCUT2D eigenvalue weighted by molar-refractivity contribution is 5.79. The molecule has 23 heavy (non-hydrogen) atoms. The fraction of sp³-hybridized carbons (Fsp3) is 0.353. The van der Waals surface area contributed by atoms with Gasteiger partial charge in [-0.1, -0.05) is 6.07 Å². The molecule has 2 N–H and O–H groups in total. The van der Waals surface area contributed by atoms with E-state index in [0.29, 0.717) is 24.8 Å². The summed E-state index contributed by atoms with van der Waals surface area (Å²) in [6.45, 7) is 3.17. The first kappa shape index (κ1) is 16.9. The highest BCUT2D eigenvalue weighted by Crippen LogP contribution is 2.13. The van der Waals surface area contributed by atoms with Crippen molar-refractivity contribution in [1.29, 1.82) is 0 Å². The molecule has 0 aliphatic heterocycles. The Kier molecular flexibility index (Phi) is 6.02. The fourth-order valence-corrected chi connectivity index (χ4v) is 2.13. The maximum Gasteiger partial charge on any atom is 0.191 e. The molecule has 2 rings (SSSR count). The van der Waals surface area contributed by atoms with Gasteiger partial charge in [0.1, 0.15) is 17.7 Å². The summed E-state index contributed by atoms with van der Waals surface area (Å²) in [5.74, 6) is 0.915. The Morgan fingerprint density at radius 2 is 2.17 bits per heavy atom. The van der Waals surface area contributed by atoms with Crippen molar-refractivity contribution >= 4 is 5.96 Å². The maximum atomic E-state index is 13.1. The number of aromatic nitrogens is 1. The van der Waals surface area contributed by atoms with Gasteiger partial charge in [0.05, 0.1) is 6.54 Å².